The highest BCUT2D eigenvalue weighted by Crippen LogP contribution is 2.47. The highest BCUT2D eigenvalue weighted by molar-refractivity contribution is 7.98. The molecule has 194 valence electrons. The summed E-state index contributed by atoms with van der Waals surface area (Å²) in [5, 5.41) is 13.7. The largest absolute Gasteiger partial charge is 0.469 e. The highest BCUT2D eigenvalue weighted by atomic mass is 35.5. The van der Waals surface area contributed by atoms with Crippen molar-refractivity contribution in [3.05, 3.63) is 94.1 Å². The molecule has 1 saturated heterocycles. The molecule has 39 heavy (non-hydrogen) atoms. The van der Waals surface area contributed by atoms with Crippen LogP contribution in [0.4, 0.5) is 5.69 Å². The van der Waals surface area contributed by atoms with Gasteiger partial charge in [-0.15, -0.1) is 11.3 Å². The molecule has 6 rings (SSSR count). The zero-order chi connectivity index (χ0) is 26.9. The number of carbonyl (C=O) groups excluding carboxylic acids is 1. The summed E-state index contributed by atoms with van der Waals surface area (Å²) in [4.78, 5) is 16.1. The minimum Gasteiger partial charge on any atom is -0.469 e. The van der Waals surface area contributed by atoms with Crippen LogP contribution in [-0.4, -0.2) is 30.1 Å². The molecule has 1 atom stereocenters. The number of rotatable bonds is 6. The molecule has 1 unspecified atom stereocenters. The molecule has 1 aliphatic rings. The van der Waals surface area contributed by atoms with Crippen LogP contribution in [-0.2, 0) is 9.53 Å². The standard InChI is InChI=1S/C31H24ClN3O2S2/c1-37-31(36)21-13-15-34(19-21)23-6-4-5-20(17-23)30-29(26-14-16-38-28(26)18-33)25-7-2-3-8-27(25)35(30)39-24-11-9-22(32)10-12-24/h2-12,14,16-17,21H,13,15,19H2,1H3. The minimum atomic E-state index is -0.156. The Balaban J connectivity index is 1.55. The number of hydrogen-bond acceptors (Lipinski definition) is 6. The van der Waals surface area contributed by atoms with Gasteiger partial charge in [-0.2, -0.15) is 5.26 Å². The quantitative estimate of drug-likeness (QED) is 0.193. The molecule has 0 saturated carbocycles. The van der Waals surface area contributed by atoms with Gasteiger partial charge < -0.3 is 9.64 Å². The van der Waals surface area contributed by atoms with Gasteiger partial charge in [0.25, 0.3) is 0 Å². The number of halogens is 1. The molecular formula is C31H24ClN3O2S2. The fraction of sp³-hybridized carbons (Fsp3) is 0.161. The zero-order valence-corrected chi connectivity index (χ0v) is 23.5. The van der Waals surface area contributed by atoms with Crippen molar-refractivity contribution in [1.29, 1.82) is 5.26 Å². The van der Waals surface area contributed by atoms with E-state index in [2.05, 4.69) is 51.3 Å². The van der Waals surface area contributed by atoms with Gasteiger partial charge in [0.15, 0.2) is 0 Å². The number of esters is 1. The Morgan fingerprint density at radius 1 is 1.10 bits per heavy atom. The third-order valence-electron chi connectivity index (χ3n) is 7.09. The molecule has 0 aliphatic carbocycles. The van der Waals surface area contributed by atoms with Crippen LogP contribution in [0, 0.1) is 17.2 Å². The number of benzene rings is 3. The van der Waals surface area contributed by atoms with Crippen LogP contribution in [0.1, 0.15) is 11.3 Å². The van der Waals surface area contributed by atoms with Crippen molar-refractivity contribution in [2.45, 2.75) is 11.3 Å². The summed E-state index contributed by atoms with van der Waals surface area (Å²) >= 11 is 9.27. The molecule has 1 aliphatic heterocycles. The summed E-state index contributed by atoms with van der Waals surface area (Å²) in [6.45, 7) is 1.43. The molecule has 3 heterocycles. The molecular weight excluding hydrogens is 546 g/mol. The molecule has 3 aromatic carbocycles. The van der Waals surface area contributed by atoms with E-state index in [0.29, 0.717) is 16.4 Å². The van der Waals surface area contributed by atoms with Crippen molar-refractivity contribution in [3.8, 4) is 28.5 Å². The van der Waals surface area contributed by atoms with Crippen LogP contribution < -0.4 is 4.90 Å². The van der Waals surface area contributed by atoms with Gasteiger partial charge in [-0.05, 0) is 72.3 Å². The molecule has 2 aromatic heterocycles. The molecule has 0 amide bonds. The second-order valence-electron chi connectivity index (χ2n) is 9.36. The number of methoxy groups -OCH3 is 1. The molecule has 0 bridgehead atoms. The van der Waals surface area contributed by atoms with E-state index >= 15 is 0 Å². The van der Waals surface area contributed by atoms with E-state index in [1.807, 2.05) is 47.8 Å². The lowest BCUT2D eigenvalue weighted by atomic mass is 9.98. The number of aromatic nitrogens is 1. The number of thiophene rings is 1. The zero-order valence-electron chi connectivity index (χ0n) is 21.1. The predicted octanol–water partition coefficient (Wildman–Crippen LogP) is 8.12. The Morgan fingerprint density at radius 3 is 2.72 bits per heavy atom. The van der Waals surface area contributed by atoms with Crippen molar-refractivity contribution in [3.63, 3.8) is 0 Å². The fourth-order valence-electron chi connectivity index (χ4n) is 5.24. The number of hydrogen-bond donors (Lipinski definition) is 0. The summed E-state index contributed by atoms with van der Waals surface area (Å²) in [6, 6.07) is 29.1. The highest BCUT2D eigenvalue weighted by Gasteiger charge is 2.30. The Hall–Kier alpha value is -3.70. The maximum Gasteiger partial charge on any atom is 0.310 e. The first-order chi connectivity index (χ1) is 19.1. The first kappa shape index (κ1) is 25.6. The summed E-state index contributed by atoms with van der Waals surface area (Å²) in [5.74, 6) is -0.276. The molecule has 5 nitrogen and oxygen atoms in total. The Morgan fingerprint density at radius 2 is 1.92 bits per heavy atom. The van der Waals surface area contributed by atoms with Gasteiger partial charge in [-0.3, -0.25) is 8.77 Å². The third kappa shape index (κ3) is 4.80. The van der Waals surface area contributed by atoms with Crippen LogP contribution in [0.15, 0.2) is 89.1 Å². The molecule has 5 aromatic rings. The van der Waals surface area contributed by atoms with Crippen molar-refractivity contribution in [1.82, 2.24) is 3.97 Å². The monoisotopic (exact) mass is 569 g/mol. The number of para-hydroxylation sites is 1. The number of ether oxygens (including phenoxy) is 1. The molecule has 8 heteroatoms. The third-order valence-corrected chi connectivity index (χ3v) is 9.20. The SMILES string of the molecule is COC(=O)C1CCN(c2cccc(-c3c(-c4ccsc4C#N)c4ccccc4n3Sc3ccc(Cl)cc3)c2)C1. The van der Waals surface area contributed by atoms with E-state index in [1.54, 1.807) is 11.9 Å². The van der Waals surface area contributed by atoms with Gasteiger partial charge in [0.1, 0.15) is 10.9 Å². The number of nitriles is 1. The van der Waals surface area contributed by atoms with Crippen LogP contribution in [0.3, 0.4) is 0 Å². The van der Waals surface area contributed by atoms with E-state index in [0.717, 1.165) is 56.8 Å². The van der Waals surface area contributed by atoms with E-state index in [-0.39, 0.29) is 11.9 Å². The second kappa shape index (κ2) is 10.8. The first-order valence-electron chi connectivity index (χ1n) is 12.6. The Bertz CT molecular complexity index is 1720. The maximum absolute atomic E-state index is 12.2. The first-order valence-corrected chi connectivity index (χ1v) is 14.6. The van der Waals surface area contributed by atoms with Crippen molar-refractivity contribution >= 4 is 57.4 Å². The van der Waals surface area contributed by atoms with E-state index < -0.39 is 0 Å². The van der Waals surface area contributed by atoms with E-state index in [1.165, 1.54) is 18.4 Å². The van der Waals surface area contributed by atoms with Crippen LogP contribution in [0.25, 0.3) is 33.3 Å². The fourth-order valence-corrected chi connectivity index (χ4v) is 7.07. The number of fused-ring (bicyclic) bond motifs is 1. The molecule has 0 spiro atoms. The number of nitrogens with zero attached hydrogens (tertiary/aromatic N) is 3. The second-order valence-corrected chi connectivity index (χ2v) is 11.7. The average Bonchev–Trinajstić information content (AvgIpc) is 3.72. The van der Waals surface area contributed by atoms with Crippen molar-refractivity contribution in [2.24, 2.45) is 5.92 Å². The number of carbonyl (C=O) groups is 1. The Labute approximate surface area is 240 Å². The number of anilines is 1. The van der Waals surface area contributed by atoms with E-state index in [9.17, 15) is 10.1 Å². The van der Waals surface area contributed by atoms with E-state index in [4.69, 9.17) is 16.3 Å². The van der Waals surface area contributed by atoms with Gasteiger partial charge >= 0.3 is 5.97 Å². The summed E-state index contributed by atoms with van der Waals surface area (Å²) in [6.07, 6.45) is 0.773. The van der Waals surface area contributed by atoms with Crippen molar-refractivity contribution < 1.29 is 9.53 Å². The predicted molar refractivity (Wildman–Crippen MR) is 160 cm³/mol. The van der Waals surface area contributed by atoms with Gasteiger partial charge in [-0.25, -0.2) is 0 Å². The summed E-state index contributed by atoms with van der Waals surface area (Å²) in [5.41, 5.74) is 6.16. The van der Waals surface area contributed by atoms with Gasteiger partial charge in [-0.1, -0.05) is 41.9 Å². The lowest BCUT2D eigenvalue weighted by Crippen LogP contribution is -2.23. The molecule has 1 fully saturated rings. The van der Waals surface area contributed by atoms with Gasteiger partial charge in [0, 0.05) is 50.8 Å². The van der Waals surface area contributed by atoms with Gasteiger partial charge in [0.05, 0.1) is 24.2 Å². The normalized spacial score (nSPS) is 15.0. The minimum absolute atomic E-state index is 0.120. The maximum atomic E-state index is 12.2. The van der Waals surface area contributed by atoms with Crippen LogP contribution in [0.2, 0.25) is 5.02 Å². The molecule has 0 radical (unpaired) electrons. The average molecular weight is 570 g/mol. The topological polar surface area (TPSA) is 58.3 Å². The summed E-state index contributed by atoms with van der Waals surface area (Å²) in [7, 11) is 1.45. The van der Waals surface area contributed by atoms with Crippen LogP contribution in [0.5, 0.6) is 0 Å². The van der Waals surface area contributed by atoms with Crippen LogP contribution >= 0.6 is 34.9 Å². The smallest absolute Gasteiger partial charge is 0.310 e. The lowest BCUT2D eigenvalue weighted by Gasteiger charge is -2.20. The van der Waals surface area contributed by atoms with Gasteiger partial charge in [0.2, 0.25) is 0 Å². The lowest BCUT2D eigenvalue weighted by molar-refractivity contribution is -0.144. The van der Waals surface area contributed by atoms with Crippen molar-refractivity contribution in [2.75, 3.05) is 25.1 Å². The molecule has 0 N–H and O–H groups in total. The summed E-state index contributed by atoms with van der Waals surface area (Å²) < 4.78 is 7.26. The Kier molecular flexibility index (Phi) is 7.09.